The summed E-state index contributed by atoms with van der Waals surface area (Å²) < 4.78 is 5.69. The van der Waals surface area contributed by atoms with Crippen molar-refractivity contribution in [2.45, 2.75) is 32.2 Å². The number of benzene rings is 1. The molecule has 0 amide bonds. The van der Waals surface area contributed by atoms with Crippen molar-refractivity contribution in [2.75, 3.05) is 30.8 Å². The maximum atomic E-state index is 9.70. The molecule has 2 atom stereocenters. The number of H-pyrrole nitrogens is 1. The number of aromatic nitrogens is 3. The Hall–Kier alpha value is -2.20. The Morgan fingerprint density at radius 1 is 1.38 bits per heavy atom. The van der Waals surface area contributed by atoms with Gasteiger partial charge in [-0.25, -0.2) is 9.97 Å². The number of aliphatic hydroxyl groups is 1. The van der Waals surface area contributed by atoms with Gasteiger partial charge in [0.2, 0.25) is 12.4 Å². The lowest BCUT2D eigenvalue weighted by Crippen LogP contribution is -2.38. The predicted molar refractivity (Wildman–Crippen MR) is 118 cm³/mol. The van der Waals surface area contributed by atoms with Crippen molar-refractivity contribution in [3.05, 3.63) is 34.6 Å². The van der Waals surface area contributed by atoms with Crippen LogP contribution >= 0.6 is 15.9 Å². The van der Waals surface area contributed by atoms with Gasteiger partial charge in [0.1, 0.15) is 0 Å². The predicted octanol–water partition coefficient (Wildman–Crippen LogP) is 3.19. The third-order valence-corrected chi connectivity index (χ3v) is 5.98. The fraction of sp³-hybridized carbons (Fsp3) is 0.400. The van der Waals surface area contributed by atoms with E-state index < -0.39 is 6.41 Å². The summed E-state index contributed by atoms with van der Waals surface area (Å²) in [5.41, 5.74) is 4.54. The van der Waals surface area contributed by atoms with Gasteiger partial charge in [-0.3, -0.25) is 0 Å². The number of hydrogen-bond acceptors (Lipinski definition) is 7. The largest absolute Gasteiger partial charge is 0.360 e. The van der Waals surface area contributed by atoms with E-state index in [1.165, 1.54) is 7.11 Å². The Kier molecular flexibility index (Phi) is 6.00. The van der Waals surface area contributed by atoms with Crippen molar-refractivity contribution in [1.29, 1.82) is 0 Å². The summed E-state index contributed by atoms with van der Waals surface area (Å²) in [4.78, 5) is 12.6. The highest BCUT2D eigenvalue weighted by Gasteiger charge is 2.18. The number of aliphatic hydroxyl groups excluding tert-OH is 1. The summed E-state index contributed by atoms with van der Waals surface area (Å²) in [6.45, 7) is 4.01. The molecular formula is C20H25BrN6O2. The van der Waals surface area contributed by atoms with Crippen LogP contribution in [0.15, 0.2) is 29.0 Å². The van der Waals surface area contributed by atoms with E-state index >= 15 is 0 Å². The molecule has 1 saturated heterocycles. The van der Waals surface area contributed by atoms with E-state index in [-0.39, 0.29) is 0 Å². The summed E-state index contributed by atoms with van der Waals surface area (Å²) in [6.07, 6.45) is 5.00. The van der Waals surface area contributed by atoms with E-state index in [1.807, 2.05) is 31.5 Å². The topological polar surface area (TPSA) is 107 Å². The van der Waals surface area contributed by atoms with Crippen LogP contribution in [0.3, 0.4) is 0 Å². The molecule has 0 spiro atoms. The number of aryl methyl sites for hydroxylation is 1. The molecular weight excluding hydrogens is 436 g/mol. The second-order valence-electron chi connectivity index (χ2n) is 7.20. The number of anilines is 2. The molecule has 2 aromatic heterocycles. The average Bonchev–Trinajstić information content (AvgIpc) is 3.17. The van der Waals surface area contributed by atoms with Gasteiger partial charge in [-0.05, 0) is 53.9 Å². The molecule has 29 heavy (non-hydrogen) atoms. The highest BCUT2D eigenvalue weighted by atomic mass is 79.9. The Morgan fingerprint density at radius 3 is 3.00 bits per heavy atom. The fourth-order valence-corrected chi connectivity index (χ4v) is 4.18. The van der Waals surface area contributed by atoms with E-state index in [4.69, 9.17) is 9.72 Å². The number of hydrogen-bond donors (Lipinski definition) is 5. The van der Waals surface area contributed by atoms with Crippen LogP contribution in [-0.4, -0.2) is 52.7 Å². The molecule has 0 aliphatic carbocycles. The number of aromatic amines is 1. The summed E-state index contributed by atoms with van der Waals surface area (Å²) in [5.74, 6) is 0.647. The fourth-order valence-electron chi connectivity index (χ4n) is 3.60. The first-order chi connectivity index (χ1) is 14.1. The lowest BCUT2D eigenvalue weighted by molar-refractivity contribution is -0.0510. The van der Waals surface area contributed by atoms with Gasteiger partial charge in [-0.15, -0.1) is 0 Å². The van der Waals surface area contributed by atoms with Crippen LogP contribution in [0.1, 0.15) is 18.4 Å². The quantitative estimate of drug-likeness (QED) is 0.359. The molecule has 0 saturated carbocycles. The van der Waals surface area contributed by atoms with Crippen molar-refractivity contribution in [3.63, 3.8) is 0 Å². The number of piperidine rings is 1. The molecule has 1 aliphatic rings. The van der Waals surface area contributed by atoms with Crippen molar-refractivity contribution in [3.8, 4) is 11.3 Å². The van der Waals surface area contributed by atoms with Crippen LogP contribution in [0.25, 0.3) is 22.2 Å². The van der Waals surface area contributed by atoms with Crippen LogP contribution in [0.5, 0.6) is 0 Å². The molecule has 3 aromatic rings. The van der Waals surface area contributed by atoms with E-state index in [0.29, 0.717) is 12.0 Å². The van der Waals surface area contributed by atoms with Gasteiger partial charge in [0, 0.05) is 43.0 Å². The van der Waals surface area contributed by atoms with E-state index in [9.17, 15) is 5.11 Å². The van der Waals surface area contributed by atoms with E-state index in [0.717, 1.165) is 63.8 Å². The van der Waals surface area contributed by atoms with Crippen molar-refractivity contribution in [2.24, 2.45) is 0 Å². The number of nitrogens with one attached hydrogen (secondary N) is 4. The zero-order valence-electron chi connectivity index (χ0n) is 16.4. The Balaban J connectivity index is 1.67. The SMILES string of the molecule is COC(O)Nc1ccc2c(-c3nc(N[C@H]4CCCNC4)ncc3C)c[nH]c2c1Br. The summed E-state index contributed by atoms with van der Waals surface area (Å²) in [7, 11) is 1.43. The number of ether oxygens (including phenoxy) is 1. The molecule has 1 aliphatic heterocycles. The molecule has 1 fully saturated rings. The molecule has 0 radical (unpaired) electrons. The third-order valence-electron chi connectivity index (χ3n) is 5.15. The highest BCUT2D eigenvalue weighted by molar-refractivity contribution is 9.10. The number of methoxy groups -OCH3 is 1. The molecule has 4 rings (SSSR count). The second-order valence-corrected chi connectivity index (χ2v) is 7.99. The van der Waals surface area contributed by atoms with Gasteiger partial charge >= 0.3 is 0 Å². The number of halogens is 1. The molecule has 3 heterocycles. The van der Waals surface area contributed by atoms with Crippen LogP contribution in [0, 0.1) is 6.92 Å². The number of nitrogens with zero attached hydrogens (tertiary/aromatic N) is 2. The third kappa shape index (κ3) is 4.23. The molecule has 1 unspecified atom stereocenters. The molecule has 1 aromatic carbocycles. The average molecular weight is 461 g/mol. The van der Waals surface area contributed by atoms with Gasteiger partial charge in [0.15, 0.2) is 0 Å². The van der Waals surface area contributed by atoms with Crippen molar-refractivity contribution in [1.82, 2.24) is 20.3 Å². The molecule has 8 nitrogen and oxygen atoms in total. The number of fused-ring (bicyclic) bond motifs is 1. The first kappa shape index (κ1) is 20.1. The van der Waals surface area contributed by atoms with Gasteiger partial charge in [0.05, 0.1) is 21.4 Å². The molecule has 0 bridgehead atoms. The van der Waals surface area contributed by atoms with E-state index in [1.54, 1.807) is 0 Å². The molecule has 5 N–H and O–H groups in total. The van der Waals surface area contributed by atoms with Crippen LogP contribution in [-0.2, 0) is 4.74 Å². The Morgan fingerprint density at radius 2 is 2.24 bits per heavy atom. The van der Waals surface area contributed by atoms with Gasteiger partial charge in [-0.2, -0.15) is 0 Å². The number of rotatable bonds is 6. The maximum absolute atomic E-state index is 9.70. The Bertz CT molecular complexity index is 1000. The van der Waals surface area contributed by atoms with Gasteiger partial charge in [0.25, 0.3) is 0 Å². The van der Waals surface area contributed by atoms with E-state index in [2.05, 4.69) is 41.8 Å². The van der Waals surface area contributed by atoms with Crippen LogP contribution in [0.4, 0.5) is 11.6 Å². The zero-order chi connectivity index (χ0) is 20.4. The smallest absolute Gasteiger partial charge is 0.235 e. The van der Waals surface area contributed by atoms with Crippen LogP contribution in [0.2, 0.25) is 0 Å². The minimum atomic E-state index is -1.08. The van der Waals surface area contributed by atoms with Crippen molar-refractivity contribution >= 4 is 38.5 Å². The van der Waals surface area contributed by atoms with Crippen molar-refractivity contribution < 1.29 is 9.84 Å². The lowest BCUT2D eigenvalue weighted by atomic mass is 10.1. The van der Waals surface area contributed by atoms with Gasteiger partial charge < -0.3 is 30.8 Å². The minimum absolute atomic E-state index is 0.345. The zero-order valence-corrected chi connectivity index (χ0v) is 18.0. The summed E-state index contributed by atoms with van der Waals surface area (Å²) in [6, 6.07) is 4.24. The normalized spacial score (nSPS) is 18.0. The molecule has 9 heteroatoms. The monoisotopic (exact) mass is 460 g/mol. The summed E-state index contributed by atoms with van der Waals surface area (Å²) in [5, 5.41) is 20.5. The maximum Gasteiger partial charge on any atom is 0.235 e. The second kappa shape index (κ2) is 8.66. The standard InChI is InChI=1S/C20H25BrN6O2/c1-11-8-24-19(25-12-4-3-7-22-9-12)27-17(11)14-10-23-18-13(14)5-6-15(16(18)21)26-20(28)29-2/h5-6,8,10,12,20,22-23,26,28H,3-4,7,9H2,1-2H3,(H,24,25,27)/t12-,20?/m0/s1. The lowest BCUT2D eigenvalue weighted by Gasteiger charge is -2.24. The Labute approximate surface area is 177 Å². The first-order valence-electron chi connectivity index (χ1n) is 9.65. The van der Waals surface area contributed by atoms with Gasteiger partial charge in [-0.1, -0.05) is 6.07 Å². The first-order valence-corrected chi connectivity index (χ1v) is 10.4. The summed E-state index contributed by atoms with van der Waals surface area (Å²) >= 11 is 3.61. The molecule has 154 valence electrons. The van der Waals surface area contributed by atoms with Crippen LogP contribution < -0.4 is 16.0 Å². The highest BCUT2D eigenvalue weighted by Crippen LogP contribution is 2.37. The minimum Gasteiger partial charge on any atom is -0.360 e.